The van der Waals surface area contributed by atoms with E-state index in [1.165, 1.54) is 0 Å². The van der Waals surface area contributed by atoms with Crippen LogP contribution in [0.15, 0.2) is 0 Å². The largest absolute Gasteiger partial charge is 0.355 e. The summed E-state index contributed by atoms with van der Waals surface area (Å²) in [6.07, 6.45) is 5.18. The molecule has 2 N–H and O–H groups in total. The molecular weight excluding hydrogens is 312 g/mol. The lowest BCUT2D eigenvalue weighted by atomic mass is 9.67. The van der Waals surface area contributed by atoms with Crippen molar-refractivity contribution in [1.82, 2.24) is 20.1 Å². The van der Waals surface area contributed by atoms with E-state index in [-0.39, 0.29) is 23.7 Å². The van der Waals surface area contributed by atoms with Crippen LogP contribution >= 0.6 is 12.2 Å². The molecule has 0 aliphatic heterocycles. The van der Waals surface area contributed by atoms with Crippen molar-refractivity contribution in [2.24, 2.45) is 17.8 Å². The Morgan fingerprint density at radius 3 is 2.74 bits per heavy atom. The van der Waals surface area contributed by atoms with Crippen LogP contribution in [-0.2, 0) is 22.6 Å². The Morgan fingerprint density at radius 1 is 1.39 bits per heavy atom. The smallest absolute Gasteiger partial charge is 0.223 e. The molecule has 1 amide bonds. The molecular formula is C16H24N4O2S. The fourth-order valence-electron chi connectivity index (χ4n) is 4.00. The van der Waals surface area contributed by atoms with Gasteiger partial charge >= 0.3 is 0 Å². The first-order valence-corrected chi connectivity index (χ1v) is 8.96. The van der Waals surface area contributed by atoms with E-state index in [0.29, 0.717) is 23.5 Å². The Morgan fingerprint density at radius 2 is 2.09 bits per heavy atom. The third-order valence-electron chi connectivity index (χ3n) is 5.22. The van der Waals surface area contributed by atoms with Gasteiger partial charge in [-0.15, -0.1) is 0 Å². The molecule has 2 unspecified atom stereocenters. The molecule has 2 aliphatic carbocycles. The number of amides is 1. The standard InChI is InChI=1S/C16H24N4O2S/c1-2-20-13(18-19-16(20)23)6-7-17-15(22)12-8-10-4-3-5-11(9-12)14(10)21/h10-12H,2-9H2,1H3,(H,17,22)(H,19,23). The first-order chi connectivity index (χ1) is 11.1. The molecule has 1 aromatic rings. The maximum Gasteiger partial charge on any atom is 0.223 e. The maximum atomic E-state index is 12.4. The summed E-state index contributed by atoms with van der Waals surface area (Å²) >= 11 is 5.16. The molecule has 7 heteroatoms. The van der Waals surface area contributed by atoms with Crippen LogP contribution < -0.4 is 5.32 Å². The monoisotopic (exact) mass is 336 g/mol. The van der Waals surface area contributed by atoms with Crippen LogP contribution in [0, 0.1) is 22.5 Å². The molecule has 2 aliphatic rings. The highest BCUT2D eigenvalue weighted by molar-refractivity contribution is 7.71. The number of nitrogens with zero attached hydrogens (tertiary/aromatic N) is 2. The summed E-state index contributed by atoms with van der Waals surface area (Å²) in [6.45, 7) is 3.34. The number of Topliss-reactive ketones (excluding diaryl/α,β-unsaturated/α-hetero) is 1. The van der Waals surface area contributed by atoms with E-state index < -0.39 is 0 Å². The fourth-order valence-corrected chi connectivity index (χ4v) is 4.28. The average molecular weight is 336 g/mol. The summed E-state index contributed by atoms with van der Waals surface area (Å²) in [5.41, 5.74) is 0. The van der Waals surface area contributed by atoms with E-state index in [1.807, 2.05) is 11.5 Å². The minimum Gasteiger partial charge on any atom is -0.355 e. The molecule has 2 bridgehead atoms. The van der Waals surface area contributed by atoms with Crippen LogP contribution in [0.25, 0.3) is 0 Å². The number of rotatable bonds is 5. The molecule has 3 rings (SSSR count). The quantitative estimate of drug-likeness (QED) is 0.806. The fraction of sp³-hybridized carbons (Fsp3) is 0.750. The second-order valence-corrected chi connectivity index (χ2v) is 7.01. The molecule has 0 spiro atoms. The number of hydrogen-bond donors (Lipinski definition) is 2. The van der Waals surface area contributed by atoms with Crippen molar-refractivity contribution in [2.45, 2.75) is 52.0 Å². The van der Waals surface area contributed by atoms with E-state index in [9.17, 15) is 9.59 Å². The molecule has 0 aromatic carbocycles. The zero-order valence-corrected chi connectivity index (χ0v) is 14.3. The lowest BCUT2D eigenvalue weighted by molar-refractivity contribution is -0.137. The topological polar surface area (TPSA) is 79.8 Å². The molecule has 2 saturated carbocycles. The summed E-state index contributed by atoms with van der Waals surface area (Å²) in [7, 11) is 0. The molecule has 1 heterocycles. The van der Waals surface area contributed by atoms with E-state index in [2.05, 4.69) is 15.5 Å². The van der Waals surface area contributed by atoms with Gasteiger partial charge in [0.15, 0.2) is 4.77 Å². The Hall–Kier alpha value is -1.50. The van der Waals surface area contributed by atoms with Gasteiger partial charge < -0.3 is 9.88 Å². The number of hydrogen-bond acceptors (Lipinski definition) is 4. The van der Waals surface area contributed by atoms with Crippen molar-refractivity contribution >= 4 is 23.9 Å². The molecule has 2 fully saturated rings. The van der Waals surface area contributed by atoms with Crippen molar-refractivity contribution in [3.8, 4) is 0 Å². The van der Waals surface area contributed by atoms with E-state index >= 15 is 0 Å². The zero-order chi connectivity index (χ0) is 16.4. The summed E-state index contributed by atoms with van der Waals surface area (Å²) in [6, 6.07) is 0. The summed E-state index contributed by atoms with van der Waals surface area (Å²) < 4.78 is 2.55. The Labute approximate surface area is 141 Å². The van der Waals surface area contributed by atoms with Crippen molar-refractivity contribution in [1.29, 1.82) is 0 Å². The second-order valence-electron chi connectivity index (χ2n) is 6.63. The predicted octanol–water partition coefficient (Wildman–Crippen LogP) is 2.01. The highest BCUT2D eigenvalue weighted by Crippen LogP contribution is 2.40. The molecule has 2 atom stereocenters. The van der Waals surface area contributed by atoms with E-state index in [1.54, 1.807) is 0 Å². The first kappa shape index (κ1) is 16.4. The third-order valence-corrected chi connectivity index (χ3v) is 5.53. The highest BCUT2D eigenvalue weighted by Gasteiger charge is 2.41. The van der Waals surface area contributed by atoms with Crippen LogP contribution in [0.5, 0.6) is 0 Å². The van der Waals surface area contributed by atoms with Crippen molar-refractivity contribution in [2.75, 3.05) is 6.54 Å². The van der Waals surface area contributed by atoms with Gasteiger partial charge in [0, 0.05) is 37.3 Å². The van der Waals surface area contributed by atoms with Crippen molar-refractivity contribution in [3.05, 3.63) is 10.6 Å². The molecule has 23 heavy (non-hydrogen) atoms. The second kappa shape index (κ2) is 6.95. The Kier molecular flexibility index (Phi) is 4.94. The maximum absolute atomic E-state index is 12.4. The van der Waals surface area contributed by atoms with Crippen LogP contribution in [0.4, 0.5) is 0 Å². The average Bonchev–Trinajstić information content (AvgIpc) is 2.87. The van der Waals surface area contributed by atoms with Gasteiger partial charge in [0.05, 0.1) is 0 Å². The summed E-state index contributed by atoms with van der Waals surface area (Å²) in [5, 5.41) is 10.0. The lowest BCUT2D eigenvalue weighted by Gasteiger charge is -2.36. The minimum absolute atomic E-state index is 0.00463. The predicted molar refractivity (Wildman–Crippen MR) is 88.4 cm³/mol. The number of ketones is 1. The van der Waals surface area contributed by atoms with Gasteiger partial charge in [-0.05, 0) is 44.8 Å². The number of carbonyl (C=O) groups is 2. The van der Waals surface area contributed by atoms with Crippen LogP contribution in [-0.4, -0.2) is 33.0 Å². The van der Waals surface area contributed by atoms with Gasteiger partial charge in [0.1, 0.15) is 11.6 Å². The number of H-pyrrole nitrogens is 1. The number of nitrogens with one attached hydrogen (secondary N) is 2. The zero-order valence-electron chi connectivity index (χ0n) is 13.5. The van der Waals surface area contributed by atoms with Crippen LogP contribution in [0.3, 0.4) is 0 Å². The van der Waals surface area contributed by atoms with Gasteiger partial charge in [0.2, 0.25) is 5.91 Å². The van der Waals surface area contributed by atoms with E-state index in [4.69, 9.17) is 12.2 Å². The van der Waals surface area contributed by atoms with Crippen molar-refractivity contribution in [3.63, 3.8) is 0 Å². The Bertz CT molecular complexity index is 635. The normalized spacial score (nSPS) is 27.0. The van der Waals surface area contributed by atoms with Gasteiger partial charge in [0.25, 0.3) is 0 Å². The first-order valence-electron chi connectivity index (χ1n) is 8.55. The minimum atomic E-state index is -0.00463. The SMILES string of the molecule is CCn1c(CCNC(=O)C2CC3CCCC(C2)C3=O)n[nH]c1=S. The summed E-state index contributed by atoms with van der Waals surface area (Å²) in [5.74, 6) is 1.60. The van der Waals surface area contributed by atoms with Crippen LogP contribution in [0.1, 0.15) is 44.9 Å². The summed E-state index contributed by atoms with van der Waals surface area (Å²) in [4.78, 5) is 24.5. The number of carbonyl (C=O) groups excluding carboxylic acids is 2. The van der Waals surface area contributed by atoms with Gasteiger partial charge in [-0.3, -0.25) is 14.7 Å². The number of aromatic nitrogens is 3. The molecule has 1 aromatic heterocycles. The highest BCUT2D eigenvalue weighted by atomic mass is 32.1. The Balaban J connectivity index is 1.52. The third kappa shape index (κ3) is 3.39. The molecule has 6 nitrogen and oxygen atoms in total. The molecule has 0 radical (unpaired) electrons. The number of aromatic amines is 1. The van der Waals surface area contributed by atoms with E-state index in [0.717, 1.165) is 44.5 Å². The molecule has 0 saturated heterocycles. The van der Waals surface area contributed by atoms with Gasteiger partial charge in [-0.2, -0.15) is 5.10 Å². The van der Waals surface area contributed by atoms with Crippen LogP contribution in [0.2, 0.25) is 0 Å². The molecule has 126 valence electrons. The van der Waals surface area contributed by atoms with Gasteiger partial charge in [-0.1, -0.05) is 6.42 Å². The van der Waals surface area contributed by atoms with Crippen molar-refractivity contribution < 1.29 is 9.59 Å². The lowest BCUT2D eigenvalue weighted by Crippen LogP contribution is -2.43. The number of fused-ring (bicyclic) bond motifs is 2. The van der Waals surface area contributed by atoms with Gasteiger partial charge in [-0.25, -0.2) is 0 Å².